The van der Waals surface area contributed by atoms with Gasteiger partial charge in [0.1, 0.15) is 0 Å². The van der Waals surface area contributed by atoms with E-state index >= 15 is 0 Å². The first-order valence-electron chi connectivity index (χ1n) is 4.20. The maximum atomic E-state index is 10.7. The van der Waals surface area contributed by atoms with Gasteiger partial charge in [0.25, 0.3) is 6.04 Å². The number of benzene rings is 1. The average Bonchev–Trinajstić information content (AvgIpc) is 2.18. The van der Waals surface area contributed by atoms with Gasteiger partial charge in [-0.15, -0.1) is 0 Å². The van der Waals surface area contributed by atoms with Gasteiger partial charge in [-0.05, 0) is 0 Å². The van der Waals surface area contributed by atoms with Crippen LogP contribution in [0.5, 0.6) is 0 Å². The van der Waals surface area contributed by atoms with E-state index in [1.54, 1.807) is 6.07 Å². The molecule has 86 valence electrons. The van der Waals surface area contributed by atoms with Crippen LogP contribution in [0.2, 0.25) is 0 Å². The zero-order chi connectivity index (χ0) is 12.3. The van der Waals surface area contributed by atoms with Crippen LogP contribution in [-0.4, -0.2) is 26.2 Å². The Labute approximate surface area is 95.2 Å². The van der Waals surface area contributed by atoms with Crippen molar-refractivity contribution in [3.63, 3.8) is 0 Å². The summed E-state index contributed by atoms with van der Waals surface area (Å²) < 4.78 is 0. The molecule has 1 aromatic rings. The highest BCUT2D eigenvalue weighted by molar-refractivity contribution is 6.32. The number of nitrogens with zero attached hydrogens (tertiary/aromatic N) is 1. The molecule has 1 aromatic carbocycles. The van der Waals surface area contributed by atoms with E-state index < -0.39 is 22.0 Å². The van der Waals surface area contributed by atoms with Gasteiger partial charge in [0, 0.05) is 10.5 Å². The largest absolute Gasteiger partial charge is 0.478 e. The predicted molar refractivity (Wildman–Crippen MR) is 54.6 cm³/mol. The fraction of sp³-hybridized carbons (Fsp3) is 0.222. The summed E-state index contributed by atoms with van der Waals surface area (Å²) in [5.74, 6) is -1.86. The van der Waals surface area contributed by atoms with Crippen molar-refractivity contribution in [3.05, 3.63) is 46.0 Å². The Morgan fingerprint density at radius 1 is 1.44 bits per heavy atom. The zero-order valence-corrected chi connectivity index (χ0v) is 8.66. The highest BCUT2D eigenvalue weighted by Crippen LogP contribution is 2.32. The van der Waals surface area contributed by atoms with Gasteiger partial charge in [0.2, 0.25) is 0 Å². The molecule has 2 atom stereocenters. The molecular weight excluding hydrogens is 238 g/mol. The van der Waals surface area contributed by atoms with Crippen LogP contribution in [0.1, 0.15) is 11.6 Å². The van der Waals surface area contributed by atoms with Gasteiger partial charge in [0.05, 0.1) is 0 Å². The molecule has 0 saturated heterocycles. The third-order valence-corrected chi connectivity index (χ3v) is 2.36. The Balaban J connectivity index is 3.21. The van der Waals surface area contributed by atoms with Gasteiger partial charge in [0.15, 0.2) is 0 Å². The summed E-state index contributed by atoms with van der Waals surface area (Å²) in [5, 5.41) is 25.8. The van der Waals surface area contributed by atoms with Crippen LogP contribution < -0.4 is 0 Å². The first kappa shape index (κ1) is 12.4. The summed E-state index contributed by atoms with van der Waals surface area (Å²) in [7, 11) is 0. The smallest absolute Gasteiger partial charge is 0.359 e. The van der Waals surface area contributed by atoms with Crippen LogP contribution in [0.15, 0.2) is 30.3 Å². The lowest BCUT2D eigenvalue weighted by Crippen LogP contribution is -2.42. The summed E-state index contributed by atoms with van der Waals surface area (Å²) in [4.78, 5) is 20.5. The van der Waals surface area contributed by atoms with E-state index in [9.17, 15) is 20.0 Å². The molecule has 0 saturated carbocycles. The van der Waals surface area contributed by atoms with E-state index in [-0.39, 0.29) is 5.56 Å². The molecule has 7 heteroatoms. The molecule has 0 fully saturated rings. The Kier molecular flexibility index (Phi) is 3.46. The van der Waals surface area contributed by atoms with Crippen molar-refractivity contribution in [3.8, 4) is 0 Å². The number of hydrogen-bond donors (Lipinski definition) is 2. The highest BCUT2D eigenvalue weighted by Gasteiger charge is 2.52. The molecule has 1 rings (SSSR count). The van der Waals surface area contributed by atoms with Crippen LogP contribution in [0.4, 0.5) is 0 Å². The molecular formula is C9H8ClNO5. The van der Waals surface area contributed by atoms with Crippen molar-refractivity contribution in [1.29, 1.82) is 0 Å². The quantitative estimate of drug-likeness (QED) is 0.468. The Hall–Kier alpha value is -1.66. The van der Waals surface area contributed by atoms with Crippen molar-refractivity contribution in [1.82, 2.24) is 0 Å². The van der Waals surface area contributed by atoms with E-state index in [4.69, 9.17) is 16.7 Å². The molecule has 0 radical (unpaired) electrons. The Bertz CT molecular complexity index is 406. The standard InChI is InChI=1S/C9H8ClNO5/c10-9(14,8(12)13)7(11(15)16)6-4-2-1-3-5-6/h1-5,7,14H,(H,12,13). The maximum Gasteiger partial charge on any atom is 0.359 e. The van der Waals surface area contributed by atoms with Crippen molar-refractivity contribution in [2.24, 2.45) is 0 Å². The number of hydrogen-bond acceptors (Lipinski definition) is 4. The zero-order valence-electron chi connectivity index (χ0n) is 7.91. The maximum absolute atomic E-state index is 10.7. The lowest BCUT2D eigenvalue weighted by atomic mass is 10.0. The summed E-state index contributed by atoms with van der Waals surface area (Å²) in [6.45, 7) is 0. The number of carboxylic acids is 1. The molecule has 2 N–H and O–H groups in total. The number of carbonyl (C=O) groups is 1. The predicted octanol–water partition coefficient (Wildman–Crippen LogP) is 1.02. The fourth-order valence-electron chi connectivity index (χ4n) is 1.23. The van der Waals surface area contributed by atoms with Gasteiger partial charge in [-0.25, -0.2) is 4.79 Å². The van der Waals surface area contributed by atoms with E-state index in [1.807, 2.05) is 0 Å². The first-order valence-corrected chi connectivity index (χ1v) is 4.58. The SMILES string of the molecule is O=C(O)C(O)(Cl)C(c1ccccc1)[N+](=O)[O-]. The molecule has 0 heterocycles. The first-order chi connectivity index (χ1) is 7.37. The van der Waals surface area contributed by atoms with E-state index in [0.717, 1.165) is 0 Å². The summed E-state index contributed by atoms with van der Waals surface area (Å²) >= 11 is 5.28. The minimum absolute atomic E-state index is 0.0207. The lowest BCUT2D eigenvalue weighted by molar-refractivity contribution is -0.542. The molecule has 2 unspecified atom stereocenters. The van der Waals surface area contributed by atoms with Gasteiger partial charge in [-0.2, -0.15) is 0 Å². The van der Waals surface area contributed by atoms with Crippen LogP contribution in [0, 0.1) is 10.1 Å². The van der Waals surface area contributed by atoms with E-state index in [0.29, 0.717) is 0 Å². The van der Waals surface area contributed by atoms with Crippen molar-refractivity contribution in [2.75, 3.05) is 0 Å². The van der Waals surface area contributed by atoms with Crippen LogP contribution in [0.25, 0.3) is 0 Å². The Morgan fingerprint density at radius 3 is 2.31 bits per heavy atom. The van der Waals surface area contributed by atoms with Crippen LogP contribution >= 0.6 is 11.6 Å². The van der Waals surface area contributed by atoms with Crippen LogP contribution in [-0.2, 0) is 4.79 Å². The number of halogens is 1. The topological polar surface area (TPSA) is 101 Å². The molecule has 0 bridgehead atoms. The molecule has 0 aliphatic heterocycles. The van der Waals surface area contributed by atoms with Gasteiger partial charge >= 0.3 is 11.0 Å². The molecule has 0 aliphatic carbocycles. The van der Waals surface area contributed by atoms with Gasteiger partial charge in [-0.1, -0.05) is 41.9 Å². The third-order valence-electron chi connectivity index (χ3n) is 1.99. The van der Waals surface area contributed by atoms with Crippen molar-refractivity contribution < 1.29 is 19.9 Å². The van der Waals surface area contributed by atoms with Gasteiger partial charge in [-0.3, -0.25) is 10.1 Å². The molecule has 0 amide bonds. The number of alkyl halides is 1. The van der Waals surface area contributed by atoms with E-state index in [2.05, 4.69) is 0 Å². The second-order valence-corrected chi connectivity index (χ2v) is 3.65. The molecule has 16 heavy (non-hydrogen) atoms. The van der Waals surface area contributed by atoms with Crippen molar-refractivity contribution >= 4 is 17.6 Å². The normalized spacial score (nSPS) is 16.1. The molecule has 6 nitrogen and oxygen atoms in total. The van der Waals surface area contributed by atoms with Gasteiger partial charge < -0.3 is 10.2 Å². The third kappa shape index (κ3) is 2.29. The van der Waals surface area contributed by atoms with Crippen molar-refractivity contribution in [2.45, 2.75) is 11.1 Å². The fourth-order valence-corrected chi connectivity index (χ4v) is 1.44. The number of aliphatic carboxylic acids is 1. The number of carboxylic acid groups (broad SMARTS) is 1. The Morgan fingerprint density at radius 2 is 1.94 bits per heavy atom. The second kappa shape index (κ2) is 4.46. The monoisotopic (exact) mass is 245 g/mol. The number of aliphatic hydroxyl groups is 1. The number of rotatable bonds is 4. The van der Waals surface area contributed by atoms with Crippen LogP contribution in [0.3, 0.4) is 0 Å². The molecule has 0 aromatic heterocycles. The summed E-state index contributed by atoms with van der Waals surface area (Å²) in [5.41, 5.74) is 0.0207. The molecule has 0 spiro atoms. The minimum Gasteiger partial charge on any atom is -0.478 e. The minimum atomic E-state index is -2.97. The summed E-state index contributed by atoms with van der Waals surface area (Å²) in [6, 6.07) is 5.30. The second-order valence-electron chi connectivity index (χ2n) is 3.08. The lowest BCUT2D eigenvalue weighted by Gasteiger charge is -2.19. The highest BCUT2D eigenvalue weighted by atomic mass is 35.5. The molecule has 0 aliphatic rings. The summed E-state index contributed by atoms with van der Waals surface area (Å²) in [6.07, 6.45) is 0. The van der Waals surface area contributed by atoms with E-state index in [1.165, 1.54) is 24.3 Å². The number of nitro groups is 1. The average molecular weight is 246 g/mol.